The Morgan fingerprint density at radius 3 is 2.24 bits per heavy atom. The van der Waals surface area contributed by atoms with Gasteiger partial charge in [0.05, 0.1) is 0 Å². The second-order valence-electron chi connectivity index (χ2n) is 4.84. The maximum Gasteiger partial charge on any atom is 0.383 e. The van der Waals surface area contributed by atoms with Gasteiger partial charge >= 0.3 is 12.3 Å². The van der Waals surface area contributed by atoms with Crippen LogP contribution in [-0.2, 0) is 4.79 Å². The first-order valence-electron chi connectivity index (χ1n) is 5.73. The zero-order valence-electron chi connectivity index (χ0n) is 9.93. The van der Waals surface area contributed by atoms with E-state index in [1.54, 1.807) is 0 Å². The normalized spacial score (nSPS) is 16.7. The minimum absolute atomic E-state index is 0.128. The largest absolute Gasteiger partial charge is 0.383 e. The molecule has 1 aliphatic carbocycles. The van der Waals surface area contributed by atoms with Crippen LogP contribution in [0, 0.1) is 5.92 Å². The van der Waals surface area contributed by atoms with Gasteiger partial charge in [-0.25, -0.2) is 8.78 Å². The summed E-state index contributed by atoms with van der Waals surface area (Å²) < 4.78 is 50.1. The van der Waals surface area contributed by atoms with Crippen molar-refractivity contribution < 1.29 is 22.4 Å². The predicted octanol–water partition coefficient (Wildman–Crippen LogP) is 2.92. The molecule has 0 spiro atoms. The molecule has 1 aliphatic rings. The van der Waals surface area contributed by atoms with Crippen LogP contribution in [0.15, 0.2) is 0 Å². The number of nitrogens with zero attached hydrogens (tertiary/aromatic N) is 1. The summed E-state index contributed by atoms with van der Waals surface area (Å²) in [4.78, 5) is 12.3. The molecule has 17 heavy (non-hydrogen) atoms. The Kier molecular flexibility index (Phi) is 4.38. The monoisotopic (exact) mass is 255 g/mol. The van der Waals surface area contributed by atoms with Crippen LogP contribution in [0.1, 0.15) is 33.1 Å². The molecule has 100 valence electrons. The Bertz CT molecular complexity index is 277. The van der Waals surface area contributed by atoms with Crippen LogP contribution in [0.5, 0.6) is 0 Å². The highest BCUT2D eigenvalue weighted by Crippen LogP contribution is 2.33. The van der Waals surface area contributed by atoms with E-state index < -0.39 is 18.3 Å². The minimum atomic E-state index is -4.56. The quantitative estimate of drug-likeness (QED) is 0.668. The van der Waals surface area contributed by atoms with Crippen LogP contribution < -0.4 is 0 Å². The number of hydrogen-bond donors (Lipinski definition) is 0. The number of rotatable bonds is 6. The molecule has 0 radical (unpaired) electrons. The maximum atomic E-state index is 13.0. The number of carbonyl (C=O) groups excluding carboxylic acids is 1. The summed E-state index contributed by atoms with van der Waals surface area (Å²) in [6, 6.07) is -0.272. The summed E-state index contributed by atoms with van der Waals surface area (Å²) in [5, 5.41) is 0. The molecular formula is C11H17F4NO. The van der Waals surface area contributed by atoms with E-state index >= 15 is 0 Å². The van der Waals surface area contributed by atoms with E-state index in [1.165, 1.54) is 0 Å². The lowest BCUT2D eigenvalue weighted by Gasteiger charge is -2.27. The molecule has 6 heteroatoms. The van der Waals surface area contributed by atoms with Gasteiger partial charge in [-0.1, -0.05) is 13.8 Å². The van der Waals surface area contributed by atoms with Crippen LogP contribution >= 0.6 is 0 Å². The molecule has 1 saturated carbocycles. The number of alkyl halides is 4. The molecule has 0 aromatic rings. The Labute approximate surface area is 98.0 Å². The molecule has 0 heterocycles. The van der Waals surface area contributed by atoms with Gasteiger partial charge in [0.25, 0.3) is 5.91 Å². The van der Waals surface area contributed by atoms with Gasteiger partial charge in [-0.2, -0.15) is 8.78 Å². The van der Waals surface area contributed by atoms with Gasteiger partial charge in [0, 0.05) is 12.6 Å². The maximum absolute atomic E-state index is 13.0. The van der Waals surface area contributed by atoms with Crippen molar-refractivity contribution >= 4 is 5.91 Å². The first-order chi connectivity index (χ1) is 7.76. The Morgan fingerprint density at radius 1 is 1.35 bits per heavy atom. The first-order valence-corrected chi connectivity index (χ1v) is 5.73. The summed E-state index contributed by atoms with van der Waals surface area (Å²) in [7, 11) is 0. The number of amides is 1. The third-order valence-electron chi connectivity index (χ3n) is 2.76. The van der Waals surface area contributed by atoms with E-state index in [2.05, 4.69) is 0 Å². The van der Waals surface area contributed by atoms with Crippen LogP contribution in [-0.4, -0.2) is 35.7 Å². The van der Waals surface area contributed by atoms with Crippen molar-refractivity contribution in [1.29, 1.82) is 0 Å². The number of carbonyl (C=O) groups is 1. The lowest BCUT2D eigenvalue weighted by molar-refractivity contribution is -0.181. The molecule has 0 saturated heterocycles. The van der Waals surface area contributed by atoms with Crippen LogP contribution in [0.3, 0.4) is 0 Å². The number of halogens is 4. The fraction of sp³-hybridized carbons (Fsp3) is 0.909. The molecule has 0 aromatic carbocycles. The van der Waals surface area contributed by atoms with Gasteiger partial charge < -0.3 is 4.90 Å². The third kappa shape index (κ3) is 3.57. The average molecular weight is 255 g/mol. The van der Waals surface area contributed by atoms with Crippen LogP contribution in [0.2, 0.25) is 0 Å². The van der Waals surface area contributed by atoms with Gasteiger partial charge in [-0.3, -0.25) is 4.79 Å². The fourth-order valence-corrected chi connectivity index (χ4v) is 1.52. The molecule has 0 aromatic heterocycles. The third-order valence-corrected chi connectivity index (χ3v) is 2.76. The topological polar surface area (TPSA) is 20.3 Å². The molecule has 1 amide bonds. The van der Waals surface area contributed by atoms with Crippen molar-refractivity contribution in [3.8, 4) is 0 Å². The second kappa shape index (κ2) is 5.23. The lowest BCUT2D eigenvalue weighted by Crippen LogP contribution is -2.49. The molecule has 0 unspecified atom stereocenters. The fourth-order valence-electron chi connectivity index (χ4n) is 1.52. The molecule has 1 fully saturated rings. The number of hydrogen-bond acceptors (Lipinski definition) is 1. The van der Waals surface area contributed by atoms with E-state index in [1.807, 2.05) is 13.8 Å². The molecule has 0 aliphatic heterocycles. The van der Waals surface area contributed by atoms with Gasteiger partial charge in [0.2, 0.25) is 0 Å². The Morgan fingerprint density at radius 2 is 1.88 bits per heavy atom. The SMILES string of the molecule is CC(C)CCN(C(=O)C(F)(F)C(F)F)C1CC1. The average Bonchev–Trinajstić information content (AvgIpc) is 3.01. The smallest absolute Gasteiger partial charge is 0.334 e. The molecule has 0 bridgehead atoms. The van der Waals surface area contributed by atoms with Gasteiger partial charge in [-0.05, 0) is 25.2 Å². The van der Waals surface area contributed by atoms with E-state index in [0.717, 1.165) is 4.90 Å². The summed E-state index contributed by atoms with van der Waals surface area (Å²) in [5.74, 6) is -6.04. The highest BCUT2D eigenvalue weighted by molar-refractivity contribution is 5.84. The van der Waals surface area contributed by atoms with Crippen LogP contribution in [0.4, 0.5) is 17.6 Å². The highest BCUT2D eigenvalue weighted by Gasteiger charge is 2.53. The molecule has 0 atom stereocenters. The van der Waals surface area contributed by atoms with Crippen molar-refractivity contribution in [2.24, 2.45) is 5.92 Å². The van der Waals surface area contributed by atoms with E-state index in [0.29, 0.717) is 19.3 Å². The van der Waals surface area contributed by atoms with Crippen molar-refractivity contribution in [2.75, 3.05) is 6.54 Å². The summed E-state index contributed by atoms with van der Waals surface area (Å²) >= 11 is 0. The van der Waals surface area contributed by atoms with Crippen molar-refractivity contribution in [3.63, 3.8) is 0 Å². The molecule has 1 rings (SSSR count). The zero-order valence-corrected chi connectivity index (χ0v) is 9.93. The van der Waals surface area contributed by atoms with Gasteiger partial charge in [0.15, 0.2) is 0 Å². The van der Waals surface area contributed by atoms with E-state index in [4.69, 9.17) is 0 Å². The highest BCUT2D eigenvalue weighted by atomic mass is 19.3. The van der Waals surface area contributed by atoms with Gasteiger partial charge in [-0.15, -0.1) is 0 Å². The molecular weight excluding hydrogens is 238 g/mol. The predicted molar refractivity (Wildman–Crippen MR) is 55.1 cm³/mol. The van der Waals surface area contributed by atoms with E-state index in [9.17, 15) is 22.4 Å². The standard InChI is InChI=1S/C11H17F4NO/c1-7(2)5-6-16(8-3-4-8)10(17)11(14,15)9(12)13/h7-9H,3-6H2,1-2H3. The van der Waals surface area contributed by atoms with Crippen molar-refractivity contribution in [2.45, 2.75) is 51.5 Å². The van der Waals surface area contributed by atoms with E-state index in [-0.39, 0.29) is 18.5 Å². The van der Waals surface area contributed by atoms with Crippen molar-refractivity contribution in [3.05, 3.63) is 0 Å². The summed E-state index contributed by atoms with van der Waals surface area (Å²) in [5.41, 5.74) is 0. The van der Waals surface area contributed by atoms with Gasteiger partial charge in [0.1, 0.15) is 0 Å². The first kappa shape index (κ1) is 14.3. The lowest BCUT2D eigenvalue weighted by atomic mass is 10.1. The van der Waals surface area contributed by atoms with Crippen LogP contribution in [0.25, 0.3) is 0 Å². The zero-order chi connectivity index (χ0) is 13.2. The van der Waals surface area contributed by atoms with Crippen molar-refractivity contribution in [1.82, 2.24) is 4.90 Å². The molecule has 2 nitrogen and oxygen atoms in total. The second-order valence-corrected chi connectivity index (χ2v) is 4.84. The molecule has 0 N–H and O–H groups in total. The minimum Gasteiger partial charge on any atom is -0.334 e. The summed E-state index contributed by atoms with van der Waals surface area (Å²) in [6.45, 7) is 3.91. The summed E-state index contributed by atoms with van der Waals surface area (Å²) in [6.07, 6.45) is -2.14. The Hall–Kier alpha value is -0.810. The Balaban J connectivity index is 2.67.